The number of nitrogens with zero attached hydrogens (tertiary/aromatic N) is 3. The van der Waals surface area contributed by atoms with E-state index in [2.05, 4.69) is 5.32 Å². The Balaban J connectivity index is 2.37. The number of nitrogens with one attached hydrogen (secondary N) is 1. The number of aliphatic carboxylic acids is 1. The zero-order valence-corrected chi connectivity index (χ0v) is 24.1. The first-order chi connectivity index (χ1) is 18.5. The van der Waals surface area contributed by atoms with E-state index in [1.54, 1.807) is 13.8 Å². The van der Waals surface area contributed by atoms with Crippen molar-refractivity contribution in [3.05, 3.63) is 0 Å². The summed E-state index contributed by atoms with van der Waals surface area (Å²) in [5, 5.41) is 11.8. The summed E-state index contributed by atoms with van der Waals surface area (Å²) in [7, 11) is 2.23. The van der Waals surface area contributed by atoms with Crippen LogP contribution in [0.25, 0.3) is 0 Å². The number of carboxylic acids is 1. The lowest BCUT2D eigenvalue weighted by Gasteiger charge is -2.44. The third-order valence-corrected chi connectivity index (χ3v) is 8.21. The second-order valence-electron chi connectivity index (χ2n) is 11.6. The molecule has 1 aliphatic heterocycles. The average Bonchev–Trinajstić information content (AvgIpc) is 3.41. The summed E-state index contributed by atoms with van der Waals surface area (Å²) in [5.74, 6) is -6.26. The molecular formula is C27H43F3N4O6. The highest BCUT2D eigenvalue weighted by molar-refractivity contribution is 5.97. The standard InChI is InChI=1S/C27H43F3N4O6/c1-17(2)21(22(37)31-19(15-20(35)36)23(38)34-13-9-10-14-34)32(4)24(39)26(3,16-18-11-7-6-8-12-18)33(5)25(40)27(28,29)30/h17-19,21H,6-16H2,1-5H3,(H,31,37)(H,35,36)/t19-,21-,26?/m0/s1. The molecule has 1 unspecified atom stereocenters. The Morgan fingerprint density at radius 1 is 0.950 bits per heavy atom. The normalized spacial score (nSPS) is 19.5. The number of rotatable bonds is 11. The second-order valence-corrected chi connectivity index (χ2v) is 11.6. The summed E-state index contributed by atoms with van der Waals surface area (Å²) in [6, 6.07) is -2.61. The maximum Gasteiger partial charge on any atom is 0.471 e. The van der Waals surface area contributed by atoms with Crippen molar-refractivity contribution in [1.82, 2.24) is 20.0 Å². The average molecular weight is 577 g/mol. The molecule has 0 aromatic carbocycles. The Bertz CT molecular complexity index is 947. The molecule has 228 valence electrons. The molecule has 0 aromatic heterocycles. The molecule has 0 aromatic rings. The molecule has 1 heterocycles. The Kier molecular flexibility index (Phi) is 11.4. The molecule has 0 spiro atoms. The Morgan fingerprint density at radius 2 is 1.50 bits per heavy atom. The maximum absolute atomic E-state index is 14.0. The molecule has 1 saturated heterocycles. The fraction of sp³-hybridized carbons (Fsp3) is 0.815. The van der Waals surface area contributed by atoms with E-state index in [0.29, 0.717) is 30.8 Å². The summed E-state index contributed by atoms with van der Waals surface area (Å²) in [6.07, 6.45) is -0.193. The summed E-state index contributed by atoms with van der Waals surface area (Å²) in [6.45, 7) is 5.44. The Hall–Kier alpha value is -2.86. The molecule has 0 bridgehead atoms. The van der Waals surface area contributed by atoms with Crippen molar-refractivity contribution in [2.75, 3.05) is 27.2 Å². The molecule has 40 heavy (non-hydrogen) atoms. The molecule has 2 N–H and O–H groups in total. The van der Waals surface area contributed by atoms with E-state index in [4.69, 9.17) is 0 Å². The van der Waals surface area contributed by atoms with Crippen LogP contribution >= 0.6 is 0 Å². The lowest BCUT2D eigenvalue weighted by molar-refractivity contribution is -0.192. The number of hydrogen-bond acceptors (Lipinski definition) is 5. The number of likely N-dealkylation sites (tertiary alicyclic amines) is 1. The fourth-order valence-electron chi connectivity index (χ4n) is 5.96. The van der Waals surface area contributed by atoms with E-state index in [1.165, 1.54) is 18.9 Å². The third kappa shape index (κ3) is 8.09. The van der Waals surface area contributed by atoms with Gasteiger partial charge in [-0.3, -0.25) is 24.0 Å². The predicted molar refractivity (Wildman–Crippen MR) is 140 cm³/mol. The molecule has 13 heteroatoms. The summed E-state index contributed by atoms with van der Waals surface area (Å²) in [5.41, 5.74) is -1.90. The van der Waals surface area contributed by atoms with Crippen LogP contribution in [-0.4, -0.2) is 100 Å². The van der Waals surface area contributed by atoms with E-state index >= 15 is 0 Å². The topological polar surface area (TPSA) is 127 Å². The summed E-state index contributed by atoms with van der Waals surface area (Å²) < 4.78 is 40.4. The number of carbonyl (C=O) groups is 5. The van der Waals surface area contributed by atoms with Gasteiger partial charge in [-0.05, 0) is 38.0 Å². The number of alkyl halides is 3. The van der Waals surface area contributed by atoms with Crippen molar-refractivity contribution >= 4 is 29.6 Å². The Labute approximate surface area is 233 Å². The third-order valence-electron chi connectivity index (χ3n) is 8.21. The molecular weight excluding hydrogens is 533 g/mol. The molecule has 1 aliphatic carbocycles. The molecule has 10 nitrogen and oxygen atoms in total. The van der Waals surface area contributed by atoms with Gasteiger partial charge in [-0.2, -0.15) is 13.2 Å². The van der Waals surface area contributed by atoms with E-state index in [-0.39, 0.29) is 12.3 Å². The van der Waals surface area contributed by atoms with Crippen LogP contribution in [0.1, 0.15) is 78.6 Å². The van der Waals surface area contributed by atoms with Gasteiger partial charge in [-0.15, -0.1) is 0 Å². The van der Waals surface area contributed by atoms with Crippen molar-refractivity contribution in [3.63, 3.8) is 0 Å². The van der Waals surface area contributed by atoms with Gasteiger partial charge in [0.25, 0.3) is 0 Å². The monoisotopic (exact) mass is 576 g/mol. The van der Waals surface area contributed by atoms with E-state index in [9.17, 15) is 42.3 Å². The van der Waals surface area contributed by atoms with Gasteiger partial charge in [0.1, 0.15) is 17.6 Å². The fourth-order valence-corrected chi connectivity index (χ4v) is 5.96. The maximum atomic E-state index is 14.0. The highest BCUT2D eigenvalue weighted by Crippen LogP contribution is 2.36. The predicted octanol–water partition coefficient (Wildman–Crippen LogP) is 2.80. The van der Waals surface area contributed by atoms with Crippen LogP contribution in [-0.2, 0) is 24.0 Å². The summed E-state index contributed by atoms with van der Waals surface area (Å²) >= 11 is 0. The number of halogens is 3. The highest BCUT2D eigenvalue weighted by Gasteiger charge is 2.52. The largest absolute Gasteiger partial charge is 0.481 e. The van der Waals surface area contributed by atoms with Crippen molar-refractivity contribution in [2.24, 2.45) is 11.8 Å². The van der Waals surface area contributed by atoms with Crippen LogP contribution < -0.4 is 5.32 Å². The van der Waals surface area contributed by atoms with E-state index < -0.39 is 65.7 Å². The Morgan fingerprint density at radius 3 is 1.98 bits per heavy atom. The molecule has 2 fully saturated rings. The van der Waals surface area contributed by atoms with Gasteiger partial charge < -0.3 is 25.1 Å². The van der Waals surface area contributed by atoms with Gasteiger partial charge >= 0.3 is 18.1 Å². The first-order valence-corrected chi connectivity index (χ1v) is 13.9. The van der Waals surface area contributed by atoms with Crippen LogP contribution in [0.4, 0.5) is 13.2 Å². The highest BCUT2D eigenvalue weighted by atomic mass is 19.4. The van der Waals surface area contributed by atoms with Crippen LogP contribution in [0.15, 0.2) is 0 Å². The lowest BCUT2D eigenvalue weighted by Crippen LogP contribution is -2.64. The van der Waals surface area contributed by atoms with Gasteiger partial charge in [-0.1, -0.05) is 46.0 Å². The number of carboxylic acid groups (broad SMARTS) is 1. The van der Waals surface area contributed by atoms with Gasteiger partial charge in [0.05, 0.1) is 6.42 Å². The van der Waals surface area contributed by atoms with Gasteiger partial charge in [0.15, 0.2) is 0 Å². The first-order valence-electron chi connectivity index (χ1n) is 13.9. The second kappa shape index (κ2) is 13.7. The van der Waals surface area contributed by atoms with Crippen LogP contribution in [0, 0.1) is 11.8 Å². The van der Waals surface area contributed by atoms with Crippen LogP contribution in [0.2, 0.25) is 0 Å². The van der Waals surface area contributed by atoms with Crippen LogP contribution in [0.5, 0.6) is 0 Å². The number of likely N-dealkylation sites (N-methyl/N-ethyl adjacent to an activating group) is 2. The van der Waals surface area contributed by atoms with Gasteiger partial charge in [0, 0.05) is 27.2 Å². The van der Waals surface area contributed by atoms with Crippen molar-refractivity contribution in [1.29, 1.82) is 0 Å². The van der Waals surface area contributed by atoms with E-state index in [0.717, 1.165) is 44.1 Å². The minimum absolute atomic E-state index is 0.00396. The number of amides is 4. The smallest absolute Gasteiger partial charge is 0.471 e. The molecule has 0 radical (unpaired) electrons. The SMILES string of the molecule is CC(C)[C@@H](C(=O)N[C@@H](CC(=O)O)C(=O)N1CCCC1)N(C)C(=O)C(C)(CC1CCCCC1)N(C)C(=O)C(F)(F)F. The number of carbonyl (C=O) groups excluding carboxylic acids is 4. The van der Waals surface area contributed by atoms with Gasteiger partial charge in [-0.25, -0.2) is 0 Å². The van der Waals surface area contributed by atoms with Gasteiger partial charge in [0.2, 0.25) is 17.7 Å². The van der Waals surface area contributed by atoms with Crippen LogP contribution in [0.3, 0.4) is 0 Å². The quantitative estimate of drug-likeness (QED) is 0.390. The zero-order valence-electron chi connectivity index (χ0n) is 24.1. The minimum atomic E-state index is -5.20. The minimum Gasteiger partial charge on any atom is -0.481 e. The molecule has 2 rings (SSSR count). The first kappa shape index (κ1) is 33.3. The zero-order chi connectivity index (χ0) is 30.4. The van der Waals surface area contributed by atoms with Crippen molar-refractivity contribution < 1.29 is 42.3 Å². The summed E-state index contributed by atoms with van der Waals surface area (Å²) in [4.78, 5) is 67.2. The van der Waals surface area contributed by atoms with Crippen molar-refractivity contribution in [2.45, 2.75) is 102 Å². The molecule has 4 amide bonds. The molecule has 1 saturated carbocycles. The van der Waals surface area contributed by atoms with Crippen molar-refractivity contribution in [3.8, 4) is 0 Å². The number of hydrogen-bond donors (Lipinski definition) is 2. The lowest BCUT2D eigenvalue weighted by atomic mass is 9.78. The van der Waals surface area contributed by atoms with E-state index in [1.807, 2.05) is 0 Å². The molecule has 3 atom stereocenters. The molecule has 2 aliphatic rings.